The molecule has 132 valence electrons. The molecule has 0 aliphatic rings. The minimum Gasteiger partial charge on any atom is -0.506 e. The molecule has 0 saturated carbocycles. The number of aromatic amines is 1. The molecule has 1 aromatic carbocycles. The minimum absolute atomic E-state index is 0.00740. The number of amides is 1. The zero-order chi connectivity index (χ0) is 18.7. The van der Waals surface area contributed by atoms with E-state index in [4.69, 9.17) is 17.3 Å². The monoisotopic (exact) mass is 366 g/mol. The van der Waals surface area contributed by atoms with Crippen molar-refractivity contribution in [2.75, 3.05) is 7.11 Å². The Kier molecular flexibility index (Phi) is 5.33. The number of H-pyrrole nitrogens is 1. The lowest BCUT2D eigenvalue weighted by molar-refractivity contribution is -0.118. The molecule has 5 N–H and O–H groups in total. The fraction of sp³-hybridized carbons (Fsp3) is 0.188. The zero-order valence-corrected chi connectivity index (χ0v) is 13.8. The maximum atomic E-state index is 12.2. The third-order valence-corrected chi connectivity index (χ3v) is 3.94. The third kappa shape index (κ3) is 3.74. The SMILES string of the molecule is COC(=O)c1c[nH]c(=O)c(C(CC(N)=O)c2ccc(O)c(Cl)c2)c1O. The van der Waals surface area contributed by atoms with Crippen LogP contribution >= 0.6 is 11.6 Å². The summed E-state index contributed by atoms with van der Waals surface area (Å²) < 4.78 is 4.55. The average Bonchev–Trinajstić information content (AvgIpc) is 2.55. The number of nitrogens with one attached hydrogen (secondary N) is 1. The molecule has 0 spiro atoms. The lowest BCUT2D eigenvalue weighted by atomic mass is 9.87. The van der Waals surface area contributed by atoms with Crippen LogP contribution in [0.15, 0.2) is 29.2 Å². The third-order valence-electron chi connectivity index (χ3n) is 3.64. The summed E-state index contributed by atoms with van der Waals surface area (Å²) in [6.45, 7) is 0. The summed E-state index contributed by atoms with van der Waals surface area (Å²) in [5, 5.41) is 19.9. The van der Waals surface area contributed by atoms with Crippen molar-refractivity contribution >= 4 is 23.5 Å². The number of phenols is 1. The molecule has 9 heteroatoms. The van der Waals surface area contributed by atoms with Crippen LogP contribution in [-0.4, -0.2) is 34.2 Å². The van der Waals surface area contributed by atoms with E-state index in [1.165, 1.54) is 18.2 Å². The number of ether oxygens (including phenoxy) is 1. The summed E-state index contributed by atoms with van der Waals surface area (Å²) in [4.78, 5) is 37.8. The first-order valence-electron chi connectivity index (χ1n) is 7.05. The molecule has 2 aromatic rings. The molecule has 0 bridgehead atoms. The van der Waals surface area contributed by atoms with Crippen LogP contribution in [-0.2, 0) is 9.53 Å². The van der Waals surface area contributed by atoms with E-state index in [0.29, 0.717) is 5.56 Å². The van der Waals surface area contributed by atoms with Crippen LogP contribution in [0.1, 0.15) is 33.8 Å². The highest BCUT2D eigenvalue weighted by atomic mass is 35.5. The maximum Gasteiger partial charge on any atom is 0.343 e. The number of carbonyl (C=O) groups is 2. The number of primary amides is 1. The van der Waals surface area contributed by atoms with Crippen LogP contribution in [0.5, 0.6) is 11.5 Å². The minimum atomic E-state index is -0.982. The topological polar surface area (TPSA) is 143 Å². The van der Waals surface area contributed by atoms with Crippen LogP contribution in [0, 0.1) is 0 Å². The van der Waals surface area contributed by atoms with Gasteiger partial charge in [-0.1, -0.05) is 17.7 Å². The van der Waals surface area contributed by atoms with Crippen LogP contribution in [0.25, 0.3) is 0 Å². The van der Waals surface area contributed by atoms with Gasteiger partial charge in [0, 0.05) is 18.5 Å². The number of benzene rings is 1. The summed E-state index contributed by atoms with van der Waals surface area (Å²) in [6.07, 6.45) is 0.681. The summed E-state index contributed by atoms with van der Waals surface area (Å²) in [7, 11) is 1.12. The fourth-order valence-electron chi connectivity index (χ4n) is 2.45. The number of carbonyl (C=O) groups excluding carboxylic acids is 2. The van der Waals surface area contributed by atoms with Gasteiger partial charge >= 0.3 is 5.97 Å². The number of esters is 1. The number of nitrogens with two attached hydrogens (primary N) is 1. The molecule has 1 unspecified atom stereocenters. The van der Waals surface area contributed by atoms with E-state index < -0.39 is 29.1 Å². The van der Waals surface area contributed by atoms with Gasteiger partial charge in [0.05, 0.1) is 17.7 Å². The average molecular weight is 367 g/mol. The summed E-state index contributed by atoms with van der Waals surface area (Å²) >= 11 is 5.88. The maximum absolute atomic E-state index is 12.2. The van der Waals surface area contributed by atoms with E-state index in [0.717, 1.165) is 13.3 Å². The first kappa shape index (κ1) is 18.3. The van der Waals surface area contributed by atoms with Crippen molar-refractivity contribution in [2.24, 2.45) is 5.73 Å². The van der Waals surface area contributed by atoms with Crippen LogP contribution in [0.3, 0.4) is 0 Å². The number of halogens is 1. The number of pyridine rings is 1. The van der Waals surface area contributed by atoms with Crippen molar-refractivity contribution in [2.45, 2.75) is 12.3 Å². The molecule has 0 saturated heterocycles. The molecule has 0 aliphatic carbocycles. The molecule has 25 heavy (non-hydrogen) atoms. The Hall–Kier alpha value is -3.00. The molecule has 0 fully saturated rings. The molecule has 1 heterocycles. The molecular weight excluding hydrogens is 352 g/mol. The molecule has 0 radical (unpaired) electrons. The Morgan fingerprint density at radius 3 is 2.60 bits per heavy atom. The van der Waals surface area contributed by atoms with Gasteiger partial charge in [-0.15, -0.1) is 0 Å². The van der Waals surface area contributed by atoms with Crippen molar-refractivity contribution in [3.63, 3.8) is 0 Å². The van der Waals surface area contributed by atoms with Gasteiger partial charge in [0.1, 0.15) is 17.1 Å². The second-order valence-electron chi connectivity index (χ2n) is 5.22. The highest BCUT2D eigenvalue weighted by Crippen LogP contribution is 2.36. The van der Waals surface area contributed by atoms with Crippen molar-refractivity contribution in [1.29, 1.82) is 0 Å². The Morgan fingerprint density at radius 2 is 2.04 bits per heavy atom. The molecule has 1 amide bonds. The summed E-state index contributed by atoms with van der Waals surface area (Å²) in [6, 6.07) is 4.05. The van der Waals surface area contributed by atoms with Crippen molar-refractivity contribution in [1.82, 2.24) is 4.98 Å². The van der Waals surface area contributed by atoms with Crippen molar-refractivity contribution in [3.8, 4) is 11.5 Å². The Bertz CT molecular complexity index is 893. The second-order valence-corrected chi connectivity index (χ2v) is 5.63. The summed E-state index contributed by atoms with van der Waals surface area (Å²) in [5.74, 6) is -3.40. The predicted octanol–water partition coefficient (Wildman–Crippen LogP) is 1.23. The predicted molar refractivity (Wildman–Crippen MR) is 88.8 cm³/mol. The first-order chi connectivity index (χ1) is 11.8. The number of hydrogen-bond donors (Lipinski definition) is 4. The quantitative estimate of drug-likeness (QED) is 0.586. The molecule has 0 aliphatic heterocycles. The highest BCUT2D eigenvalue weighted by Gasteiger charge is 2.27. The number of rotatable bonds is 5. The largest absolute Gasteiger partial charge is 0.506 e. The Balaban J connectivity index is 2.70. The van der Waals surface area contributed by atoms with Crippen molar-refractivity contribution < 1.29 is 24.5 Å². The number of phenolic OH excluding ortho intramolecular Hbond substituents is 1. The van der Waals surface area contributed by atoms with E-state index in [-0.39, 0.29) is 28.3 Å². The summed E-state index contributed by atoms with van der Waals surface area (Å²) in [5.41, 5.74) is 4.40. The molecular formula is C16H15ClN2O6. The van der Waals surface area contributed by atoms with Crippen LogP contribution < -0.4 is 11.3 Å². The normalized spacial score (nSPS) is 11.8. The first-order valence-corrected chi connectivity index (χ1v) is 7.43. The molecule has 8 nitrogen and oxygen atoms in total. The van der Waals surface area contributed by atoms with E-state index >= 15 is 0 Å². The van der Waals surface area contributed by atoms with Crippen molar-refractivity contribution in [3.05, 3.63) is 56.5 Å². The second kappa shape index (κ2) is 7.27. The number of methoxy groups -OCH3 is 1. The lowest BCUT2D eigenvalue weighted by Gasteiger charge is -2.18. The Labute approximate surface area is 146 Å². The zero-order valence-electron chi connectivity index (χ0n) is 13.1. The van der Waals surface area contributed by atoms with Gasteiger partial charge in [-0.3, -0.25) is 9.59 Å². The Morgan fingerprint density at radius 1 is 1.36 bits per heavy atom. The number of aromatic nitrogens is 1. The van der Waals surface area contributed by atoms with Gasteiger partial charge in [-0.2, -0.15) is 0 Å². The van der Waals surface area contributed by atoms with Gasteiger partial charge in [-0.05, 0) is 17.7 Å². The highest BCUT2D eigenvalue weighted by molar-refractivity contribution is 6.32. The molecule has 2 rings (SSSR count). The standard InChI is InChI=1S/C16H15ClN2O6/c1-25-16(24)9-6-19-15(23)13(14(9)22)8(5-12(18)21)7-2-3-11(20)10(17)4-7/h2-4,6,8,20H,5H2,1H3,(H2,18,21)(H2,19,22,23). The number of hydrogen-bond acceptors (Lipinski definition) is 6. The fourth-order valence-corrected chi connectivity index (χ4v) is 2.64. The molecule has 1 aromatic heterocycles. The van der Waals surface area contributed by atoms with Gasteiger partial charge < -0.3 is 25.7 Å². The number of aromatic hydroxyl groups is 2. The van der Waals surface area contributed by atoms with Crippen LogP contribution in [0.2, 0.25) is 5.02 Å². The van der Waals surface area contributed by atoms with E-state index in [9.17, 15) is 24.6 Å². The van der Waals surface area contributed by atoms with E-state index in [1.54, 1.807) is 0 Å². The van der Waals surface area contributed by atoms with Gasteiger partial charge in [0.2, 0.25) is 5.91 Å². The smallest absolute Gasteiger partial charge is 0.343 e. The van der Waals surface area contributed by atoms with Gasteiger partial charge in [-0.25, -0.2) is 4.79 Å². The van der Waals surface area contributed by atoms with Gasteiger partial charge in [0.25, 0.3) is 5.56 Å². The van der Waals surface area contributed by atoms with E-state index in [1.807, 2.05) is 0 Å². The van der Waals surface area contributed by atoms with Gasteiger partial charge in [0.15, 0.2) is 0 Å². The van der Waals surface area contributed by atoms with Crippen LogP contribution in [0.4, 0.5) is 0 Å². The molecule has 1 atom stereocenters. The van der Waals surface area contributed by atoms with E-state index in [2.05, 4.69) is 9.72 Å². The lowest BCUT2D eigenvalue weighted by Crippen LogP contribution is -2.23.